The molecule has 0 spiro atoms. The molecule has 0 aliphatic carbocycles. The molecule has 1 N–H and O–H groups in total. The van der Waals surface area contributed by atoms with Crippen LogP contribution in [0.2, 0.25) is 0 Å². The smallest absolute Gasteiger partial charge is 0.244 e. The summed E-state index contributed by atoms with van der Waals surface area (Å²) >= 11 is 0. The van der Waals surface area contributed by atoms with Gasteiger partial charge in [0.2, 0.25) is 5.91 Å². The van der Waals surface area contributed by atoms with Gasteiger partial charge in [0.15, 0.2) is 0 Å². The van der Waals surface area contributed by atoms with E-state index < -0.39 is 0 Å². The van der Waals surface area contributed by atoms with E-state index in [1.165, 1.54) is 18.2 Å². The van der Waals surface area contributed by atoms with Gasteiger partial charge in [0.05, 0.1) is 0 Å². The van der Waals surface area contributed by atoms with E-state index >= 15 is 0 Å². The summed E-state index contributed by atoms with van der Waals surface area (Å²) in [5.74, 6) is -0.522. The number of carbonyl (C=O) groups excluding carboxylic acids is 1. The van der Waals surface area contributed by atoms with Crippen LogP contribution in [0, 0.1) is 5.82 Å². The molecule has 0 aromatic heterocycles. The number of carbonyl (C=O) groups is 1. The third-order valence-electron chi connectivity index (χ3n) is 2.40. The molecule has 3 nitrogen and oxygen atoms in total. The highest BCUT2D eigenvalue weighted by Crippen LogP contribution is 2.07. The van der Waals surface area contributed by atoms with Gasteiger partial charge in [0.25, 0.3) is 0 Å². The Hall–Kier alpha value is -1.39. The molecule has 106 valence electrons. The molecular formula is C14H20ClFN2O. The topological polar surface area (TPSA) is 32.3 Å². The van der Waals surface area contributed by atoms with Gasteiger partial charge in [-0.1, -0.05) is 18.2 Å². The van der Waals surface area contributed by atoms with Crippen LogP contribution in [0.5, 0.6) is 0 Å². The predicted octanol–water partition coefficient (Wildman–Crippen LogP) is 2.33. The molecular weight excluding hydrogens is 267 g/mol. The van der Waals surface area contributed by atoms with Crippen molar-refractivity contribution in [1.82, 2.24) is 10.2 Å². The van der Waals surface area contributed by atoms with E-state index in [-0.39, 0.29) is 24.1 Å². The second kappa shape index (κ2) is 9.53. The van der Waals surface area contributed by atoms with Crippen molar-refractivity contribution < 1.29 is 9.18 Å². The van der Waals surface area contributed by atoms with Gasteiger partial charge in [-0.25, -0.2) is 4.39 Å². The van der Waals surface area contributed by atoms with E-state index in [2.05, 4.69) is 10.2 Å². The lowest BCUT2D eigenvalue weighted by Crippen LogP contribution is -2.25. The Labute approximate surface area is 119 Å². The van der Waals surface area contributed by atoms with Crippen molar-refractivity contribution in [2.45, 2.75) is 6.42 Å². The van der Waals surface area contributed by atoms with Crippen LogP contribution >= 0.6 is 12.4 Å². The maximum atomic E-state index is 13.2. The number of benzene rings is 1. The molecule has 0 unspecified atom stereocenters. The molecule has 0 radical (unpaired) electrons. The molecule has 0 aliphatic rings. The number of rotatable bonds is 6. The van der Waals surface area contributed by atoms with Crippen LogP contribution < -0.4 is 5.32 Å². The summed E-state index contributed by atoms with van der Waals surface area (Å²) < 4.78 is 13.2. The Morgan fingerprint density at radius 1 is 1.37 bits per heavy atom. The molecule has 0 saturated heterocycles. The van der Waals surface area contributed by atoms with Crippen LogP contribution in [-0.2, 0) is 4.79 Å². The minimum Gasteiger partial charge on any atom is -0.353 e. The molecule has 0 heterocycles. The number of nitrogens with one attached hydrogen (secondary N) is 1. The summed E-state index contributed by atoms with van der Waals surface area (Å²) in [6.07, 6.45) is 3.73. The fourth-order valence-corrected chi connectivity index (χ4v) is 1.44. The Kier molecular flexibility index (Phi) is 8.83. The van der Waals surface area contributed by atoms with Gasteiger partial charge in [0.1, 0.15) is 5.82 Å². The monoisotopic (exact) mass is 286 g/mol. The van der Waals surface area contributed by atoms with Gasteiger partial charge in [-0.15, -0.1) is 12.4 Å². The van der Waals surface area contributed by atoms with Gasteiger partial charge in [-0.3, -0.25) is 4.79 Å². The molecule has 0 bridgehead atoms. The second-order valence-corrected chi connectivity index (χ2v) is 4.30. The minimum atomic E-state index is -0.325. The summed E-state index contributed by atoms with van der Waals surface area (Å²) in [5.41, 5.74) is 0.418. The van der Waals surface area contributed by atoms with Crippen LogP contribution in [0.4, 0.5) is 4.39 Å². The van der Waals surface area contributed by atoms with E-state index in [0.717, 1.165) is 13.0 Å². The first-order chi connectivity index (χ1) is 8.59. The Morgan fingerprint density at radius 2 is 2.05 bits per heavy atom. The highest BCUT2D eigenvalue weighted by Gasteiger charge is 1.98. The van der Waals surface area contributed by atoms with Crippen LogP contribution in [-0.4, -0.2) is 38.0 Å². The van der Waals surface area contributed by atoms with Crippen molar-refractivity contribution in [3.63, 3.8) is 0 Å². The molecule has 0 fully saturated rings. The number of hydrogen-bond acceptors (Lipinski definition) is 2. The van der Waals surface area contributed by atoms with E-state index in [1.807, 2.05) is 14.1 Å². The number of nitrogens with zero attached hydrogens (tertiary/aromatic N) is 1. The van der Waals surface area contributed by atoms with Crippen molar-refractivity contribution in [2.24, 2.45) is 0 Å². The zero-order chi connectivity index (χ0) is 13.4. The molecule has 1 amide bonds. The third-order valence-corrected chi connectivity index (χ3v) is 2.40. The van der Waals surface area contributed by atoms with Gasteiger partial charge in [0, 0.05) is 18.2 Å². The summed E-state index contributed by atoms with van der Waals surface area (Å²) in [7, 11) is 3.97. The van der Waals surface area contributed by atoms with E-state index in [4.69, 9.17) is 0 Å². The highest BCUT2D eigenvalue weighted by molar-refractivity contribution is 5.91. The average Bonchev–Trinajstić information content (AvgIpc) is 2.33. The van der Waals surface area contributed by atoms with Crippen molar-refractivity contribution in [3.8, 4) is 0 Å². The summed E-state index contributed by atoms with van der Waals surface area (Å²) in [5, 5.41) is 2.75. The predicted molar refractivity (Wildman–Crippen MR) is 78.9 cm³/mol. The van der Waals surface area contributed by atoms with Crippen molar-refractivity contribution >= 4 is 24.4 Å². The maximum absolute atomic E-state index is 13.2. The summed E-state index contributed by atoms with van der Waals surface area (Å²) in [6, 6.07) is 6.35. The molecule has 1 aromatic rings. The van der Waals surface area contributed by atoms with Crippen LogP contribution in [0.15, 0.2) is 30.3 Å². The van der Waals surface area contributed by atoms with Gasteiger partial charge in [-0.2, -0.15) is 0 Å². The van der Waals surface area contributed by atoms with E-state index in [0.29, 0.717) is 12.1 Å². The van der Waals surface area contributed by atoms with Crippen LogP contribution in [0.25, 0.3) is 6.08 Å². The van der Waals surface area contributed by atoms with Crippen LogP contribution in [0.3, 0.4) is 0 Å². The van der Waals surface area contributed by atoms with Crippen molar-refractivity contribution in [2.75, 3.05) is 27.2 Å². The first-order valence-electron chi connectivity index (χ1n) is 5.95. The number of halogens is 2. The number of hydrogen-bond donors (Lipinski definition) is 1. The van der Waals surface area contributed by atoms with Gasteiger partial charge >= 0.3 is 0 Å². The fourth-order valence-electron chi connectivity index (χ4n) is 1.44. The van der Waals surface area contributed by atoms with Gasteiger partial charge < -0.3 is 10.2 Å². The Morgan fingerprint density at radius 3 is 2.68 bits per heavy atom. The SMILES string of the molecule is CN(C)CCCNC(=O)C=Cc1ccccc1F.Cl. The fraction of sp³-hybridized carbons (Fsp3) is 0.357. The second-order valence-electron chi connectivity index (χ2n) is 4.30. The van der Waals surface area contributed by atoms with E-state index in [1.54, 1.807) is 18.2 Å². The van der Waals surface area contributed by atoms with Gasteiger partial charge in [-0.05, 0) is 39.2 Å². The largest absolute Gasteiger partial charge is 0.353 e. The third kappa shape index (κ3) is 7.59. The number of amides is 1. The summed E-state index contributed by atoms with van der Waals surface area (Å²) in [4.78, 5) is 13.5. The Bertz CT molecular complexity index is 422. The molecule has 0 atom stereocenters. The standard InChI is InChI=1S/C14H19FN2O.ClH/c1-17(2)11-5-10-16-14(18)9-8-12-6-3-4-7-13(12)15;/h3-4,6-9H,5,10-11H2,1-2H3,(H,16,18);1H. The molecule has 0 aliphatic heterocycles. The Balaban J connectivity index is 0.00000324. The lowest BCUT2D eigenvalue weighted by Gasteiger charge is -2.08. The van der Waals surface area contributed by atoms with Crippen molar-refractivity contribution in [3.05, 3.63) is 41.7 Å². The van der Waals surface area contributed by atoms with Crippen LogP contribution in [0.1, 0.15) is 12.0 Å². The zero-order valence-corrected chi connectivity index (χ0v) is 12.0. The normalized spacial score (nSPS) is 10.5. The average molecular weight is 287 g/mol. The zero-order valence-electron chi connectivity index (χ0n) is 11.2. The van der Waals surface area contributed by atoms with Crippen molar-refractivity contribution in [1.29, 1.82) is 0 Å². The molecule has 1 rings (SSSR count). The summed E-state index contributed by atoms with van der Waals surface area (Å²) in [6.45, 7) is 1.55. The maximum Gasteiger partial charge on any atom is 0.244 e. The molecule has 0 saturated carbocycles. The van der Waals surface area contributed by atoms with E-state index in [9.17, 15) is 9.18 Å². The highest BCUT2D eigenvalue weighted by atomic mass is 35.5. The molecule has 1 aromatic carbocycles. The minimum absolute atomic E-state index is 0. The quantitative estimate of drug-likeness (QED) is 0.643. The lowest BCUT2D eigenvalue weighted by molar-refractivity contribution is -0.116. The molecule has 5 heteroatoms. The first kappa shape index (κ1) is 17.6. The lowest BCUT2D eigenvalue weighted by atomic mass is 10.2. The molecule has 19 heavy (non-hydrogen) atoms. The first-order valence-corrected chi connectivity index (χ1v) is 5.95.